The van der Waals surface area contributed by atoms with Gasteiger partial charge >= 0.3 is 0 Å². The minimum Gasteiger partial charge on any atom is -0.390 e. The lowest BCUT2D eigenvalue weighted by molar-refractivity contribution is 0.0350. The maximum absolute atomic E-state index is 10.1. The number of para-hydroxylation sites is 1. The van der Waals surface area contributed by atoms with Crippen molar-refractivity contribution in [1.29, 1.82) is 0 Å². The fraction of sp³-hybridized carbons (Fsp3) is 0.467. The summed E-state index contributed by atoms with van der Waals surface area (Å²) in [6.45, 7) is 3.54. The number of nitrogens with zero attached hydrogens (tertiary/aromatic N) is 3. The predicted molar refractivity (Wildman–Crippen MR) is 81.2 cm³/mol. The van der Waals surface area contributed by atoms with Crippen LogP contribution >= 0.6 is 0 Å². The van der Waals surface area contributed by atoms with Gasteiger partial charge in [-0.25, -0.2) is 4.98 Å². The molecule has 0 aliphatic carbocycles. The molecule has 0 spiro atoms. The number of fused-ring (bicyclic) bond motifs is 1. The number of hydrogen-bond acceptors (Lipinski definition) is 5. The number of anilines is 2. The Balaban J connectivity index is 2.02. The van der Waals surface area contributed by atoms with E-state index in [1.54, 1.807) is 0 Å². The second kappa shape index (κ2) is 4.90. The SMILES string of the molecule is CNc1nc(N2CCC(C)(O)CC2)c2ccccc2n1. The van der Waals surface area contributed by atoms with E-state index in [2.05, 4.69) is 26.3 Å². The van der Waals surface area contributed by atoms with Crippen LogP contribution in [0.15, 0.2) is 24.3 Å². The highest BCUT2D eigenvalue weighted by atomic mass is 16.3. The molecule has 2 N–H and O–H groups in total. The van der Waals surface area contributed by atoms with Crippen molar-refractivity contribution in [1.82, 2.24) is 9.97 Å². The van der Waals surface area contributed by atoms with Gasteiger partial charge in [-0.15, -0.1) is 0 Å². The average molecular weight is 272 g/mol. The maximum Gasteiger partial charge on any atom is 0.224 e. The van der Waals surface area contributed by atoms with E-state index in [1.807, 2.05) is 32.2 Å². The first-order valence-corrected chi connectivity index (χ1v) is 7.01. The minimum atomic E-state index is -0.550. The molecule has 0 atom stereocenters. The molecule has 0 saturated carbocycles. The Morgan fingerprint density at radius 2 is 1.90 bits per heavy atom. The highest BCUT2D eigenvalue weighted by molar-refractivity contribution is 5.90. The molecule has 2 aromatic rings. The van der Waals surface area contributed by atoms with Crippen LogP contribution in [0.5, 0.6) is 0 Å². The summed E-state index contributed by atoms with van der Waals surface area (Å²) in [4.78, 5) is 11.3. The lowest BCUT2D eigenvalue weighted by Gasteiger charge is -2.36. The van der Waals surface area contributed by atoms with Crippen LogP contribution in [0.25, 0.3) is 10.9 Å². The fourth-order valence-corrected chi connectivity index (χ4v) is 2.61. The van der Waals surface area contributed by atoms with E-state index in [0.717, 1.165) is 42.7 Å². The largest absolute Gasteiger partial charge is 0.390 e. The fourth-order valence-electron chi connectivity index (χ4n) is 2.61. The minimum absolute atomic E-state index is 0.550. The molecule has 0 bridgehead atoms. The van der Waals surface area contributed by atoms with Crippen molar-refractivity contribution in [2.45, 2.75) is 25.4 Å². The molecule has 106 valence electrons. The third-order valence-corrected chi connectivity index (χ3v) is 3.95. The first-order valence-electron chi connectivity index (χ1n) is 7.01. The van der Waals surface area contributed by atoms with Crippen LogP contribution in [0.4, 0.5) is 11.8 Å². The molecule has 1 aliphatic heterocycles. The van der Waals surface area contributed by atoms with E-state index in [1.165, 1.54) is 0 Å². The van der Waals surface area contributed by atoms with Gasteiger partial charge in [0.25, 0.3) is 0 Å². The summed E-state index contributed by atoms with van der Waals surface area (Å²) in [5.41, 5.74) is 0.393. The van der Waals surface area contributed by atoms with Crippen molar-refractivity contribution < 1.29 is 5.11 Å². The third kappa shape index (κ3) is 2.41. The molecular formula is C15H20N4O. The third-order valence-electron chi connectivity index (χ3n) is 3.95. The summed E-state index contributed by atoms with van der Waals surface area (Å²) >= 11 is 0. The lowest BCUT2D eigenvalue weighted by atomic mass is 9.94. The van der Waals surface area contributed by atoms with Gasteiger partial charge < -0.3 is 15.3 Å². The van der Waals surface area contributed by atoms with Crippen molar-refractivity contribution in [2.24, 2.45) is 0 Å². The summed E-state index contributed by atoms with van der Waals surface area (Å²) in [5, 5.41) is 14.2. The Kier molecular flexibility index (Phi) is 3.22. The van der Waals surface area contributed by atoms with Crippen molar-refractivity contribution >= 4 is 22.7 Å². The van der Waals surface area contributed by atoms with Crippen LogP contribution in [0, 0.1) is 0 Å². The predicted octanol–water partition coefficient (Wildman–Crippen LogP) is 2.02. The van der Waals surface area contributed by atoms with E-state index < -0.39 is 5.60 Å². The average Bonchev–Trinajstić information content (AvgIpc) is 2.46. The van der Waals surface area contributed by atoms with Crippen LogP contribution in [-0.4, -0.2) is 40.8 Å². The molecule has 2 heterocycles. The number of piperidine rings is 1. The molecule has 1 aliphatic rings. The standard InChI is InChI=1S/C15H20N4O/c1-15(20)7-9-19(10-8-15)13-11-5-3-4-6-12(11)17-14(16-2)18-13/h3-6,20H,7-10H2,1-2H3,(H,16,17,18). The number of rotatable bonds is 2. The van der Waals surface area contributed by atoms with E-state index in [0.29, 0.717) is 5.95 Å². The van der Waals surface area contributed by atoms with Gasteiger partial charge in [0.15, 0.2) is 0 Å². The Bertz CT molecular complexity index is 616. The van der Waals surface area contributed by atoms with E-state index in [4.69, 9.17) is 0 Å². The van der Waals surface area contributed by atoms with Gasteiger partial charge in [-0.3, -0.25) is 0 Å². The van der Waals surface area contributed by atoms with Crippen LogP contribution in [0.1, 0.15) is 19.8 Å². The molecule has 5 heteroatoms. The topological polar surface area (TPSA) is 61.3 Å². The lowest BCUT2D eigenvalue weighted by Crippen LogP contribution is -2.42. The summed E-state index contributed by atoms with van der Waals surface area (Å²) in [7, 11) is 1.83. The molecule has 0 unspecified atom stereocenters. The van der Waals surface area contributed by atoms with E-state index in [9.17, 15) is 5.11 Å². The van der Waals surface area contributed by atoms with Gasteiger partial charge in [-0.1, -0.05) is 12.1 Å². The smallest absolute Gasteiger partial charge is 0.224 e. The molecule has 1 fully saturated rings. The van der Waals surface area contributed by atoms with Crippen LogP contribution < -0.4 is 10.2 Å². The van der Waals surface area contributed by atoms with Crippen molar-refractivity contribution in [3.8, 4) is 0 Å². The van der Waals surface area contributed by atoms with Crippen LogP contribution in [-0.2, 0) is 0 Å². The van der Waals surface area contributed by atoms with Crippen molar-refractivity contribution in [2.75, 3.05) is 30.4 Å². The number of hydrogen-bond donors (Lipinski definition) is 2. The molecule has 1 aromatic carbocycles. The zero-order chi connectivity index (χ0) is 14.2. The first kappa shape index (κ1) is 13.1. The number of aromatic nitrogens is 2. The molecule has 3 rings (SSSR count). The van der Waals surface area contributed by atoms with Gasteiger partial charge in [0.1, 0.15) is 5.82 Å². The number of aliphatic hydroxyl groups is 1. The Hall–Kier alpha value is -1.88. The molecule has 0 amide bonds. The van der Waals surface area contributed by atoms with E-state index in [-0.39, 0.29) is 0 Å². The first-order chi connectivity index (χ1) is 9.59. The van der Waals surface area contributed by atoms with Gasteiger partial charge in [-0.2, -0.15) is 4.98 Å². The molecule has 1 saturated heterocycles. The van der Waals surface area contributed by atoms with Gasteiger partial charge in [0.2, 0.25) is 5.95 Å². The quantitative estimate of drug-likeness (QED) is 0.876. The molecule has 0 radical (unpaired) electrons. The maximum atomic E-state index is 10.1. The number of benzene rings is 1. The van der Waals surface area contributed by atoms with Gasteiger partial charge in [0, 0.05) is 25.5 Å². The summed E-state index contributed by atoms with van der Waals surface area (Å²) in [5.74, 6) is 1.59. The van der Waals surface area contributed by atoms with Gasteiger partial charge in [0.05, 0.1) is 11.1 Å². The van der Waals surface area contributed by atoms with Gasteiger partial charge in [-0.05, 0) is 31.9 Å². The molecule has 5 nitrogen and oxygen atoms in total. The second-order valence-electron chi connectivity index (χ2n) is 5.62. The monoisotopic (exact) mass is 272 g/mol. The number of nitrogens with one attached hydrogen (secondary N) is 1. The molecule has 20 heavy (non-hydrogen) atoms. The van der Waals surface area contributed by atoms with Crippen molar-refractivity contribution in [3.05, 3.63) is 24.3 Å². The zero-order valence-corrected chi connectivity index (χ0v) is 11.9. The zero-order valence-electron chi connectivity index (χ0n) is 11.9. The summed E-state index contributed by atoms with van der Waals surface area (Å²) in [6.07, 6.45) is 1.53. The Morgan fingerprint density at radius 3 is 2.60 bits per heavy atom. The summed E-state index contributed by atoms with van der Waals surface area (Å²) in [6, 6.07) is 8.05. The summed E-state index contributed by atoms with van der Waals surface area (Å²) < 4.78 is 0. The normalized spacial score (nSPS) is 18.2. The molecular weight excluding hydrogens is 252 g/mol. The Labute approximate surface area is 118 Å². The van der Waals surface area contributed by atoms with Crippen molar-refractivity contribution in [3.63, 3.8) is 0 Å². The Morgan fingerprint density at radius 1 is 1.20 bits per heavy atom. The van der Waals surface area contributed by atoms with Crippen LogP contribution in [0.2, 0.25) is 0 Å². The van der Waals surface area contributed by atoms with E-state index >= 15 is 0 Å². The highest BCUT2D eigenvalue weighted by Gasteiger charge is 2.28. The van der Waals surface area contributed by atoms with Crippen LogP contribution in [0.3, 0.4) is 0 Å². The molecule has 1 aromatic heterocycles. The second-order valence-corrected chi connectivity index (χ2v) is 5.62. The highest BCUT2D eigenvalue weighted by Crippen LogP contribution is 2.30.